The smallest absolute Gasteiger partial charge is 0.348 e. The Bertz CT molecular complexity index is 385. The fourth-order valence-corrected chi connectivity index (χ4v) is 1.95. The van der Waals surface area contributed by atoms with E-state index < -0.39 is 5.97 Å². The van der Waals surface area contributed by atoms with E-state index in [2.05, 4.69) is 10.6 Å². The van der Waals surface area contributed by atoms with Crippen LogP contribution in [0.4, 0.5) is 11.4 Å². The molecule has 0 bridgehead atoms. The van der Waals surface area contributed by atoms with E-state index >= 15 is 0 Å². The lowest BCUT2D eigenvalue weighted by Crippen LogP contribution is -2.27. The summed E-state index contributed by atoms with van der Waals surface area (Å²) in [5, 5.41) is 15.8. The molecule has 0 aromatic carbocycles. The van der Waals surface area contributed by atoms with Gasteiger partial charge in [0.1, 0.15) is 4.88 Å². The van der Waals surface area contributed by atoms with Crippen molar-refractivity contribution < 1.29 is 14.7 Å². The summed E-state index contributed by atoms with van der Waals surface area (Å²) in [6.07, 6.45) is 0. The van der Waals surface area contributed by atoms with Crippen LogP contribution in [0.15, 0.2) is 5.38 Å². The summed E-state index contributed by atoms with van der Waals surface area (Å²) in [5.74, 6) is -1.23. The van der Waals surface area contributed by atoms with Gasteiger partial charge in [0.05, 0.1) is 17.9 Å². The third-order valence-electron chi connectivity index (χ3n) is 1.69. The van der Waals surface area contributed by atoms with Crippen LogP contribution in [0.1, 0.15) is 9.67 Å². The number of carbonyl (C=O) groups is 2. The standard InChI is InChI=1S/C7H6N2O3S/c10-4-1-8-3-2-13-6(7(11)12)5(3)9-4/h2,8H,1H2,(H,9,10)(H,11,12). The second-order valence-electron chi connectivity index (χ2n) is 2.56. The fraction of sp³-hybridized carbons (Fsp3) is 0.143. The van der Waals surface area contributed by atoms with Crippen LogP contribution in [0.2, 0.25) is 0 Å². The van der Waals surface area contributed by atoms with E-state index in [1.165, 1.54) is 0 Å². The Labute approximate surface area is 77.4 Å². The van der Waals surface area contributed by atoms with Crippen molar-refractivity contribution in [1.82, 2.24) is 0 Å². The number of carboxylic acid groups (broad SMARTS) is 1. The lowest BCUT2D eigenvalue weighted by molar-refractivity contribution is -0.114. The Morgan fingerprint density at radius 1 is 1.62 bits per heavy atom. The molecular weight excluding hydrogens is 192 g/mol. The van der Waals surface area contributed by atoms with Crippen molar-refractivity contribution in [1.29, 1.82) is 0 Å². The number of carboxylic acids is 1. The van der Waals surface area contributed by atoms with E-state index in [1.54, 1.807) is 5.38 Å². The van der Waals surface area contributed by atoms with Crippen LogP contribution in [0, 0.1) is 0 Å². The molecule has 1 amide bonds. The van der Waals surface area contributed by atoms with E-state index in [0.29, 0.717) is 11.4 Å². The minimum Gasteiger partial charge on any atom is -0.477 e. The SMILES string of the molecule is O=C1CNc2csc(C(=O)O)c2N1. The van der Waals surface area contributed by atoms with Crippen molar-refractivity contribution in [2.45, 2.75) is 0 Å². The molecule has 0 spiro atoms. The Morgan fingerprint density at radius 3 is 3.08 bits per heavy atom. The molecule has 5 nitrogen and oxygen atoms in total. The first kappa shape index (κ1) is 8.06. The zero-order valence-corrected chi connectivity index (χ0v) is 7.27. The number of fused-ring (bicyclic) bond motifs is 1. The number of hydrogen-bond acceptors (Lipinski definition) is 4. The second-order valence-corrected chi connectivity index (χ2v) is 3.44. The Kier molecular flexibility index (Phi) is 1.70. The van der Waals surface area contributed by atoms with Gasteiger partial charge in [-0.2, -0.15) is 0 Å². The molecule has 1 aliphatic heterocycles. The molecular formula is C7H6N2O3S. The maximum atomic E-state index is 10.9. The molecule has 3 N–H and O–H groups in total. The van der Waals surface area contributed by atoms with Crippen molar-refractivity contribution >= 4 is 34.6 Å². The predicted octanol–water partition coefficient (Wildman–Crippen LogP) is 0.810. The van der Waals surface area contributed by atoms with Crippen LogP contribution < -0.4 is 10.6 Å². The van der Waals surface area contributed by atoms with Gasteiger partial charge in [-0.3, -0.25) is 4.79 Å². The Balaban J connectivity index is 2.46. The number of thiophene rings is 1. The molecule has 0 unspecified atom stereocenters. The van der Waals surface area contributed by atoms with E-state index in [0.717, 1.165) is 11.3 Å². The van der Waals surface area contributed by atoms with Gasteiger partial charge in [-0.05, 0) is 0 Å². The number of nitrogens with one attached hydrogen (secondary N) is 2. The number of rotatable bonds is 1. The molecule has 2 rings (SSSR count). The molecule has 1 aromatic heterocycles. The van der Waals surface area contributed by atoms with E-state index in [1.807, 2.05) is 0 Å². The van der Waals surface area contributed by atoms with Gasteiger partial charge in [0.25, 0.3) is 0 Å². The first-order chi connectivity index (χ1) is 6.18. The Hall–Kier alpha value is -1.56. The van der Waals surface area contributed by atoms with Gasteiger partial charge < -0.3 is 15.7 Å². The molecule has 6 heteroatoms. The molecule has 0 atom stereocenters. The molecule has 1 aromatic rings. The highest BCUT2D eigenvalue weighted by Gasteiger charge is 2.22. The minimum absolute atomic E-state index is 0.163. The molecule has 2 heterocycles. The Morgan fingerprint density at radius 2 is 2.38 bits per heavy atom. The highest BCUT2D eigenvalue weighted by Crippen LogP contribution is 2.34. The molecule has 1 aliphatic rings. The third kappa shape index (κ3) is 1.25. The summed E-state index contributed by atoms with van der Waals surface area (Å²) in [6.45, 7) is 0.197. The van der Waals surface area contributed by atoms with Crippen molar-refractivity contribution in [2.75, 3.05) is 17.2 Å². The minimum atomic E-state index is -1.02. The first-order valence-corrected chi connectivity index (χ1v) is 4.45. The first-order valence-electron chi connectivity index (χ1n) is 3.57. The molecule has 13 heavy (non-hydrogen) atoms. The van der Waals surface area contributed by atoms with Crippen LogP contribution in [-0.4, -0.2) is 23.5 Å². The maximum absolute atomic E-state index is 10.9. The number of hydrogen-bond donors (Lipinski definition) is 3. The van der Waals surface area contributed by atoms with Crippen LogP contribution >= 0.6 is 11.3 Å². The van der Waals surface area contributed by atoms with Gasteiger partial charge in [0.15, 0.2) is 0 Å². The summed E-state index contributed by atoms with van der Waals surface area (Å²) in [7, 11) is 0. The summed E-state index contributed by atoms with van der Waals surface area (Å²) >= 11 is 1.10. The summed E-state index contributed by atoms with van der Waals surface area (Å²) < 4.78 is 0. The van der Waals surface area contributed by atoms with Crippen molar-refractivity contribution in [2.24, 2.45) is 0 Å². The van der Waals surface area contributed by atoms with Gasteiger partial charge >= 0.3 is 5.97 Å². The fourth-order valence-electron chi connectivity index (χ4n) is 1.13. The van der Waals surface area contributed by atoms with Gasteiger partial charge in [0, 0.05) is 5.38 Å². The van der Waals surface area contributed by atoms with E-state index in [9.17, 15) is 9.59 Å². The number of aromatic carboxylic acids is 1. The normalized spacial score (nSPS) is 14.3. The number of amides is 1. The molecule has 0 fully saturated rings. The monoisotopic (exact) mass is 198 g/mol. The predicted molar refractivity (Wildman–Crippen MR) is 48.4 cm³/mol. The van der Waals surface area contributed by atoms with Crippen molar-refractivity contribution in [3.63, 3.8) is 0 Å². The molecule has 0 saturated heterocycles. The van der Waals surface area contributed by atoms with Crippen LogP contribution in [0.5, 0.6) is 0 Å². The molecule has 0 saturated carbocycles. The van der Waals surface area contributed by atoms with Crippen molar-refractivity contribution in [3.05, 3.63) is 10.3 Å². The molecule has 0 aliphatic carbocycles. The largest absolute Gasteiger partial charge is 0.477 e. The molecule has 0 radical (unpaired) electrons. The van der Waals surface area contributed by atoms with Gasteiger partial charge in [0.2, 0.25) is 5.91 Å². The maximum Gasteiger partial charge on any atom is 0.348 e. The third-order valence-corrected chi connectivity index (χ3v) is 2.66. The van der Waals surface area contributed by atoms with Crippen LogP contribution in [-0.2, 0) is 4.79 Å². The zero-order chi connectivity index (χ0) is 9.42. The van der Waals surface area contributed by atoms with E-state index in [-0.39, 0.29) is 17.3 Å². The topological polar surface area (TPSA) is 78.4 Å². The average molecular weight is 198 g/mol. The summed E-state index contributed by atoms with van der Waals surface area (Å²) in [6, 6.07) is 0. The zero-order valence-electron chi connectivity index (χ0n) is 6.46. The van der Waals surface area contributed by atoms with Gasteiger partial charge in [-0.25, -0.2) is 4.79 Å². The quantitative estimate of drug-likeness (QED) is 0.624. The summed E-state index contributed by atoms with van der Waals surface area (Å²) in [5.41, 5.74) is 1.07. The van der Waals surface area contributed by atoms with Crippen LogP contribution in [0.3, 0.4) is 0 Å². The highest BCUT2D eigenvalue weighted by atomic mass is 32.1. The molecule has 68 valence electrons. The summed E-state index contributed by atoms with van der Waals surface area (Å²) in [4.78, 5) is 21.8. The highest BCUT2D eigenvalue weighted by molar-refractivity contribution is 7.13. The van der Waals surface area contributed by atoms with Crippen LogP contribution in [0.25, 0.3) is 0 Å². The second kappa shape index (κ2) is 2.74. The number of anilines is 2. The average Bonchev–Trinajstić information content (AvgIpc) is 2.46. The lowest BCUT2D eigenvalue weighted by atomic mass is 10.3. The van der Waals surface area contributed by atoms with Crippen molar-refractivity contribution in [3.8, 4) is 0 Å². The van der Waals surface area contributed by atoms with Gasteiger partial charge in [-0.1, -0.05) is 0 Å². The van der Waals surface area contributed by atoms with Gasteiger partial charge in [-0.15, -0.1) is 11.3 Å². The van der Waals surface area contributed by atoms with E-state index in [4.69, 9.17) is 5.11 Å². The number of carbonyl (C=O) groups excluding carboxylic acids is 1. The lowest BCUT2D eigenvalue weighted by Gasteiger charge is -2.14.